The number of benzene rings is 2. The topological polar surface area (TPSA) is 70.2 Å². The number of carbonyl (C=O) groups is 2. The lowest BCUT2D eigenvalue weighted by molar-refractivity contribution is 0.0953. The maximum atomic E-state index is 12.2. The minimum Gasteiger partial charge on any atom is -0.352 e. The summed E-state index contributed by atoms with van der Waals surface area (Å²) in [6, 6.07) is 12.2. The number of carbonyl (C=O) groups excluding carboxylic acids is 2. The van der Waals surface area contributed by atoms with E-state index in [4.69, 9.17) is 12.2 Å². The van der Waals surface area contributed by atoms with Crippen LogP contribution in [-0.4, -0.2) is 23.5 Å². The second kappa shape index (κ2) is 8.73. The van der Waals surface area contributed by atoms with E-state index in [1.165, 1.54) is 0 Å². The van der Waals surface area contributed by atoms with Gasteiger partial charge in [-0.15, -0.1) is 0 Å². The molecule has 5 nitrogen and oxygen atoms in total. The molecule has 0 unspecified atom stereocenters. The van der Waals surface area contributed by atoms with E-state index in [0.717, 1.165) is 10.0 Å². The number of amides is 2. The third-order valence-electron chi connectivity index (χ3n) is 3.40. The minimum atomic E-state index is -0.294. The van der Waals surface area contributed by atoms with E-state index in [1.807, 2.05) is 19.9 Å². The summed E-state index contributed by atoms with van der Waals surface area (Å²) >= 11 is 8.57. The van der Waals surface area contributed by atoms with E-state index >= 15 is 0 Å². The zero-order valence-electron chi connectivity index (χ0n) is 13.9. The molecule has 25 heavy (non-hydrogen) atoms. The first-order valence-corrected chi connectivity index (χ1v) is 8.87. The van der Waals surface area contributed by atoms with Crippen molar-refractivity contribution in [2.75, 3.05) is 11.9 Å². The van der Waals surface area contributed by atoms with Crippen LogP contribution >= 0.6 is 28.1 Å². The summed E-state index contributed by atoms with van der Waals surface area (Å²) in [6.07, 6.45) is 0. The van der Waals surface area contributed by atoms with Gasteiger partial charge in [-0.2, -0.15) is 0 Å². The molecule has 0 saturated carbocycles. The summed E-state index contributed by atoms with van der Waals surface area (Å²) in [5, 5.41) is 8.47. The Balaban J connectivity index is 1.96. The van der Waals surface area contributed by atoms with E-state index < -0.39 is 0 Å². The van der Waals surface area contributed by atoms with Crippen LogP contribution in [0.15, 0.2) is 46.9 Å². The Morgan fingerprint density at radius 1 is 1.04 bits per heavy atom. The number of hydrogen-bond donors (Lipinski definition) is 3. The van der Waals surface area contributed by atoms with Crippen molar-refractivity contribution in [3.05, 3.63) is 63.6 Å². The van der Waals surface area contributed by atoms with Crippen molar-refractivity contribution >= 4 is 50.8 Å². The lowest BCUT2D eigenvalue weighted by atomic mass is 10.1. The van der Waals surface area contributed by atoms with Crippen LogP contribution in [0.2, 0.25) is 0 Å². The van der Waals surface area contributed by atoms with E-state index in [1.54, 1.807) is 36.4 Å². The van der Waals surface area contributed by atoms with E-state index in [-0.39, 0.29) is 16.9 Å². The maximum Gasteiger partial charge on any atom is 0.257 e. The number of rotatable bonds is 4. The Labute approximate surface area is 160 Å². The first-order chi connectivity index (χ1) is 11.9. The predicted molar refractivity (Wildman–Crippen MR) is 107 cm³/mol. The van der Waals surface area contributed by atoms with Crippen LogP contribution in [0.4, 0.5) is 5.69 Å². The van der Waals surface area contributed by atoms with Crippen LogP contribution in [0.5, 0.6) is 0 Å². The summed E-state index contributed by atoms with van der Waals surface area (Å²) in [5.41, 5.74) is 2.80. The molecule has 3 N–H and O–H groups in total. The lowest BCUT2D eigenvalue weighted by Gasteiger charge is -2.11. The van der Waals surface area contributed by atoms with Gasteiger partial charge in [0.15, 0.2) is 5.11 Å². The van der Waals surface area contributed by atoms with Crippen molar-refractivity contribution in [3.8, 4) is 0 Å². The molecule has 7 heteroatoms. The second-order valence-electron chi connectivity index (χ2n) is 5.31. The van der Waals surface area contributed by atoms with Crippen LogP contribution in [0.25, 0.3) is 0 Å². The Kier molecular flexibility index (Phi) is 6.66. The SMILES string of the molecule is CCNC(=O)c1ccc(NC(=S)NC(=O)c2ccc(C)c(Br)c2)cc1. The molecular formula is C18H18BrN3O2S. The molecule has 0 aromatic heterocycles. The van der Waals surface area contributed by atoms with Crippen molar-refractivity contribution in [1.29, 1.82) is 0 Å². The predicted octanol–water partition coefficient (Wildman–Crippen LogP) is 3.63. The molecule has 2 amide bonds. The number of halogens is 1. The molecule has 0 aliphatic carbocycles. The van der Waals surface area contributed by atoms with Gasteiger partial charge in [0.2, 0.25) is 0 Å². The van der Waals surface area contributed by atoms with Crippen LogP contribution in [0.1, 0.15) is 33.2 Å². The molecule has 130 valence electrons. The number of thiocarbonyl (C=S) groups is 1. The summed E-state index contributed by atoms with van der Waals surface area (Å²) in [6.45, 7) is 4.38. The molecule has 0 aliphatic rings. The van der Waals surface area contributed by atoms with Crippen LogP contribution < -0.4 is 16.0 Å². The van der Waals surface area contributed by atoms with Crippen molar-refractivity contribution in [1.82, 2.24) is 10.6 Å². The van der Waals surface area contributed by atoms with Gasteiger partial charge in [-0.3, -0.25) is 14.9 Å². The molecule has 0 radical (unpaired) electrons. The van der Waals surface area contributed by atoms with Gasteiger partial charge in [-0.05, 0) is 68.0 Å². The Hall–Kier alpha value is -2.25. The Morgan fingerprint density at radius 3 is 2.28 bits per heavy atom. The fraction of sp³-hybridized carbons (Fsp3) is 0.167. The summed E-state index contributed by atoms with van der Waals surface area (Å²) in [5.74, 6) is -0.424. The average molecular weight is 420 g/mol. The van der Waals surface area contributed by atoms with Gasteiger partial charge in [-0.1, -0.05) is 22.0 Å². The standard InChI is InChI=1S/C18H18BrN3O2S/c1-3-20-16(23)12-6-8-14(9-7-12)21-18(25)22-17(24)13-5-4-11(2)15(19)10-13/h4-10H,3H2,1-2H3,(H,20,23)(H2,21,22,24,25). The largest absolute Gasteiger partial charge is 0.352 e. The minimum absolute atomic E-state index is 0.130. The molecule has 0 aliphatic heterocycles. The van der Waals surface area contributed by atoms with Crippen molar-refractivity contribution in [2.45, 2.75) is 13.8 Å². The van der Waals surface area contributed by atoms with Crippen LogP contribution in [0, 0.1) is 6.92 Å². The summed E-state index contributed by atoms with van der Waals surface area (Å²) in [7, 11) is 0. The molecule has 2 aromatic carbocycles. The van der Waals surface area contributed by atoms with Gasteiger partial charge in [0.1, 0.15) is 0 Å². The highest BCUT2D eigenvalue weighted by Gasteiger charge is 2.10. The fourth-order valence-corrected chi connectivity index (χ4v) is 2.63. The highest BCUT2D eigenvalue weighted by Crippen LogP contribution is 2.17. The Morgan fingerprint density at radius 2 is 1.68 bits per heavy atom. The molecule has 0 saturated heterocycles. The molecular weight excluding hydrogens is 402 g/mol. The van der Waals surface area contributed by atoms with E-state index in [2.05, 4.69) is 31.9 Å². The average Bonchev–Trinajstić information content (AvgIpc) is 2.58. The summed E-state index contributed by atoms with van der Waals surface area (Å²) in [4.78, 5) is 23.9. The lowest BCUT2D eigenvalue weighted by Crippen LogP contribution is -2.34. The molecule has 0 bridgehead atoms. The number of nitrogens with one attached hydrogen (secondary N) is 3. The summed E-state index contributed by atoms with van der Waals surface area (Å²) < 4.78 is 0.861. The quantitative estimate of drug-likeness (QED) is 0.661. The zero-order valence-corrected chi connectivity index (χ0v) is 16.3. The molecule has 0 heterocycles. The van der Waals surface area contributed by atoms with Crippen molar-refractivity contribution in [3.63, 3.8) is 0 Å². The highest BCUT2D eigenvalue weighted by atomic mass is 79.9. The van der Waals surface area contributed by atoms with Crippen LogP contribution in [-0.2, 0) is 0 Å². The molecule has 2 rings (SSSR count). The molecule has 0 atom stereocenters. The van der Waals surface area contributed by atoms with Gasteiger partial charge < -0.3 is 10.6 Å². The first-order valence-electron chi connectivity index (χ1n) is 7.67. The number of aryl methyl sites for hydroxylation is 1. The van der Waals surface area contributed by atoms with Gasteiger partial charge in [0.05, 0.1) is 0 Å². The van der Waals surface area contributed by atoms with Gasteiger partial charge in [0, 0.05) is 27.8 Å². The normalized spacial score (nSPS) is 10.0. The highest BCUT2D eigenvalue weighted by molar-refractivity contribution is 9.10. The third-order valence-corrected chi connectivity index (χ3v) is 4.46. The number of anilines is 1. The fourth-order valence-electron chi connectivity index (χ4n) is 2.04. The molecule has 0 fully saturated rings. The van der Waals surface area contributed by atoms with Gasteiger partial charge >= 0.3 is 0 Å². The van der Waals surface area contributed by atoms with Crippen molar-refractivity contribution < 1.29 is 9.59 Å². The van der Waals surface area contributed by atoms with E-state index in [0.29, 0.717) is 23.4 Å². The van der Waals surface area contributed by atoms with Crippen molar-refractivity contribution in [2.24, 2.45) is 0 Å². The van der Waals surface area contributed by atoms with Gasteiger partial charge in [-0.25, -0.2) is 0 Å². The van der Waals surface area contributed by atoms with Gasteiger partial charge in [0.25, 0.3) is 11.8 Å². The smallest absolute Gasteiger partial charge is 0.257 e. The monoisotopic (exact) mass is 419 g/mol. The van der Waals surface area contributed by atoms with Crippen LogP contribution in [0.3, 0.4) is 0 Å². The zero-order chi connectivity index (χ0) is 18.4. The number of hydrogen-bond acceptors (Lipinski definition) is 3. The first kappa shape index (κ1) is 19.1. The second-order valence-corrected chi connectivity index (χ2v) is 6.57. The molecule has 2 aromatic rings. The maximum absolute atomic E-state index is 12.2. The Bertz CT molecular complexity index is 806. The molecule has 0 spiro atoms. The third kappa shape index (κ3) is 5.37. The van der Waals surface area contributed by atoms with E-state index in [9.17, 15) is 9.59 Å².